The standard InChI is InChI=1S/C31H34F3N5O2/c1-30(9-4-10-30)36-27(18-7-8-18)20-12-23-24(25(13-20)31(32,33)34)14-39(29(23)40)22-6-3-5-19(11-22)26(21-15-41-16-21)28-37-35-17-38(28)2/h3,5-6,11-13,17-18,21,26-27,36H,4,7-10,14-16H2,1-2H3/t26-,27-/m0/s1. The Labute approximate surface area is 237 Å². The van der Waals surface area contributed by atoms with E-state index in [0.29, 0.717) is 30.4 Å². The molecule has 10 heteroatoms. The number of alkyl halides is 3. The fraction of sp³-hybridized carbons (Fsp3) is 0.516. The molecule has 0 radical (unpaired) electrons. The van der Waals surface area contributed by atoms with Crippen LogP contribution in [0.1, 0.15) is 89.4 Å². The van der Waals surface area contributed by atoms with Crippen molar-refractivity contribution in [3.8, 4) is 0 Å². The molecule has 1 aromatic heterocycles. The van der Waals surface area contributed by atoms with Crippen LogP contribution in [0.2, 0.25) is 0 Å². The zero-order valence-electron chi connectivity index (χ0n) is 23.2. The first-order valence-corrected chi connectivity index (χ1v) is 14.5. The van der Waals surface area contributed by atoms with Gasteiger partial charge in [-0.15, -0.1) is 10.2 Å². The number of carbonyl (C=O) groups excluding carboxylic acids is 1. The molecule has 0 unspecified atom stereocenters. The molecule has 0 bridgehead atoms. The van der Waals surface area contributed by atoms with Crippen LogP contribution in [0.4, 0.5) is 18.9 Å². The number of fused-ring (bicyclic) bond motifs is 1. The first-order valence-electron chi connectivity index (χ1n) is 14.5. The highest BCUT2D eigenvalue weighted by atomic mass is 19.4. The third kappa shape index (κ3) is 4.74. The SMILES string of the molecule is Cn1cnnc1[C@@H](c1cccc(N2Cc3c(cc([C@@H](NC4(C)CCC4)C4CC4)cc3C(F)(F)F)C2=O)c1)C1COC1. The van der Waals surface area contributed by atoms with Gasteiger partial charge in [-0.25, -0.2) is 0 Å². The van der Waals surface area contributed by atoms with Crippen LogP contribution < -0.4 is 10.2 Å². The zero-order valence-corrected chi connectivity index (χ0v) is 23.2. The summed E-state index contributed by atoms with van der Waals surface area (Å²) in [4.78, 5) is 15.3. The summed E-state index contributed by atoms with van der Waals surface area (Å²) in [6, 6.07) is 10.4. The molecular formula is C31H34F3N5O2. The van der Waals surface area contributed by atoms with Gasteiger partial charge in [0.05, 0.1) is 31.2 Å². The maximum absolute atomic E-state index is 14.5. The summed E-state index contributed by atoms with van der Waals surface area (Å²) in [5, 5.41) is 12.1. The number of nitrogens with one attached hydrogen (secondary N) is 1. The third-order valence-electron chi connectivity index (χ3n) is 9.48. The molecule has 7 nitrogen and oxygen atoms in total. The van der Waals surface area contributed by atoms with Gasteiger partial charge in [-0.1, -0.05) is 12.1 Å². The van der Waals surface area contributed by atoms with Crippen LogP contribution in [0.15, 0.2) is 42.7 Å². The number of anilines is 1. The average molecular weight is 566 g/mol. The number of aryl methyl sites for hydroxylation is 1. The minimum Gasteiger partial charge on any atom is -0.381 e. The Hall–Kier alpha value is -3.24. The first-order chi connectivity index (χ1) is 19.6. The molecule has 7 rings (SSSR count). The highest BCUT2D eigenvalue weighted by Gasteiger charge is 2.44. The fourth-order valence-corrected chi connectivity index (χ4v) is 6.74. The van der Waals surface area contributed by atoms with Crippen molar-refractivity contribution < 1.29 is 22.7 Å². The summed E-state index contributed by atoms with van der Waals surface area (Å²) >= 11 is 0. The Bertz CT molecular complexity index is 1490. The lowest BCUT2D eigenvalue weighted by molar-refractivity contribution is -0.138. The van der Waals surface area contributed by atoms with Gasteiger partial charge in [0.2, 0.25) is 0 Å². The van der Waals surface area contributed by atoms with E-state index in [2.05, 4.69) is 22.4 Å². The van der Waals surface area contributed by atoms with Gasteiger partial charge in [-0.3, -0.25) is 4.79 Å². The molecule has 2 aliphatic carbocycles. The minimum atomic E-state index is -4.56. The summed E-state index contributed by atoms with van der Waals surface area (Å²) in [5.74, 6) is 0.782. The summed E-state index contributed by atoms with van der Waals surface area (Å²) in [6.45, 7) is 3.20. The number of benzene rings is 2. The highest BCUT2D eigenvalue weighted by molar-refractivity contribution is 6.10. The summed E-state index contributed by atoms with van der Waals surface area (Å²) in [7, 11) is 1.89. The smallest absolute Gasteiger partial charge is 0.381 e. The topological polar surface area (TPSA) is 72.3 Å². The molecule has 41 heavy (non-hydrogen) atoms. The molecule has 1 N–H and O–H groups in total. The Balaban J connectivity index is 1.25. The van der Waals surface area contributed by atoms with Crippen LogP contribution >= 0.6 is 0 Å². The third-order valence-corrected chi connectivity index (χ3v) is 9.48. The van der Waals surface area contributed by atoms with E-state index in [1.54, 1.807) is 18.5 Å². The molecule has 4 aliphatic rings. The van der Waals surface area contributed by atoms with E-state index in [9.17, 15) is 18.0 Å². The molecular weight excluding hydrogens is 531 g/mol. The van der Waals surface area contributed by atoms with Gasteiger partial charge in [0.1, 0.15) is 12.2 Å². The van der Waals surface area contributed by atoms with Gasteiger partial charge in [-0.05, 0) is 85.9 Å². The summed E-state index contributed by atoms with van der Waals surface area (Å²) < 4.78 is 50.8. The van der Waals surface area contributed by atoms with E-state index in [-0.39, 0.29) is 41.1 Å². The van der Waals surface area contributed by atoms with Crippen molar-refractivity contribution in [2.45, 2.75) is 69.2 Å². The molecule has 2 atom stereocenters. The number of ether oxygens (including phenoxy) is 1. The van der Waals surface area contributed by atoms with Crippen LogP contribution in [0.3, 0.4) is 0 Å². The van der Waals surface area contributed by atoms with Crippen LogP contribution in [-0.2, 0) is 24.5 Å². The van der Waals surface area contributed by atoms with Gasteiger partial charge in [0, 0.05) is 35.8 Å². The number of carbonyl (C=O) groups is 1. The van der Waals surface area contributed by atoms with E-state index in [1.807, 2.05) is 29.8 Å². The summed E-state index contributed by atoms with van der Waals surface area (Å²) in [6.07, 6.45) is 2.20. The second-order valence-corrected chi connectivity index (χ2v) is 12.5. The van der Waals surface area contributed by atoms with Crippen molar-refractivity contribution in [2.75, 3.05) is 18.1 Å². The normalized spacial score (nSPS) is 21.8. The molecule has 1 amide bonds. The van der Waals surface area contributed by atoms with Gasteiger partial charge in [0.25, 0.3) is 5.91 Å². The number of aromatic nitrogens is 3. The van der Waals surface area contributed by atoms with E-state index >= 15 is 0 Å². The van der Waals surface area contributed by atoms with Gasteiger partial charge in [0.15, 0.2) is 0 Å². The van der Waals surface area contributed by atoms with Gasteiger partial charge < -0.3 is 19.5 Å². The van der Waals surface area contributed by atoms with E-state index in [4.69, 9.17) is 4.74 Å². The largest absolute Gasteiger partial charge is 0.416 e. The second-order valence-electron chi connectivity index (χ2n) is 12.5. The van der Waals surface area contributed by atoms with Crippen LogP contribution in [0.5, 0.6) is 0 Å². The molecule has 216 valence electrons. The Kier molecular flexibility index (Phi) is 6.28. The molecule has 2 saturated carbocycles. The lowest BCUT2D eigenvalue weighted by Gasteiger charge is -2.43. The Morgan fingerprint density at radius 3 is 2.46 bits per heavy atom. The number of nitrogens with zero attached hydrogens (tertiary/aromatic N) is 4. The van der Waals surface area contributed by atoms with Gasteiger partial charge >= 0.3 is 6.18 Å². The van der Waals surface area contributed by atoms with Crippen molar-refractivity contribution in [1.82, 2.24) is 20.1 Å². The second kappa shape index (κ2) is 9.66. The quantitative estimate of drug-likeness (QED) is 0.376. The number of amides is 1. The van der Waals surface area contributed by atoms with Crippen molar-refractivity contribution >= 4 is 11.6 Å². The molecule has 1 saturated heterocycles. The Morgan fingerprint density at radius 1 is 1.10 bits per heavy atom. The van der Waals surface area contributed by atoms with E-state index in [1.165, 1.54) is 11.0 Å². The van der Waals surface area contributed by atoms with Crippen LogP contribution in [0.25, 0.3) is 0 Å². The maximum Gasteiger partial charge on any atom is 0.416 e. The molecule has 3 heterocycles. The molecule has 3 aromatic rings. The monoisotopic (exact) mass is 565 g/mol. The van der Waals surface area contributed by atoms with Crippen molar-refractivity contribution in [3.05, 3.63) is 76.4 Å². The maximum atomic E-state index is 14.5. The predicted octanol–water partition coefficient (Wildman–Crippen LogP) is 5.76. The predicted molar refractivity (Wildman–Crippen MR) is 146 cm³/mol. The van der Waals surface area contributed by atoms with Crippen LogP contribution in [-0.4, -0.2) is 39.4 Å². The minimum absolute atomic E-state index is 0.0540. The van der Waals surface area contributed by atoms with Crippen molar-refractivity contribution in [1.29, 1.82) is 0 Å². The van der Waals surface area contributed by atoms with Crippen molar-refractivity contribution in [3.63, 3.8) is 0 Å². The fourth-order valence-electron chi connectivity index (χ4n) is 6.74. The summed E-state index contributed by atoms with van der Waals surface area (Å²) in [5.41, 5.74) is 1.52. The Morgan fingerprint density at radius 2 is 1.88 bits per heavy atom. The molecule has 0 spiro atoms. The molecule has 2 aliphatic heterocycles. The van der Waals surface area contributed by atoms with E-state index < -0.39 is 17.6 Å². The average Bonchev–Trinajstić information content (AvgIpc) is 3.57. The lowest BCUT2D eigenvalue weighted by Crippen LogP contribution is -2.50. The van der Waals surface area contributed by atoms with Crippen molar-refractivity contribution in [2.24, 2.45) is 18.9 Å². The highest BCUT2D eigenvalue weighted by Crippen LogP contribution is 2.48. The van der Waals surface area contributed by atoms with Gasteiger partial charge in [-0.2, -0.15) is 13.2 Å². The number of rotatable bonds is 8. The number of hydrogen-bond acceptors (Lipinski definition) is 5. The molecule has 3 fully saturated rings. The number of halogens is 3. The van der Waals surface area contributed by atoms with Crippen LogP contribution in [0, 0.1) is 11.8 Å². The van der Waals surface area contributed by atoms with E-state index in [0.717, 1.165) is 43.5 Å². The lowest BCUT2D eigenvalue weighted by atomic mass is 9.77. The number of hydrogen-bond donors (Lipinski definition) is 1. The zero-order chi connectivity index (χ0) is 28.5. The molecule has 2 aromatic carbocycles. The first kappa shape index (κ1) is 26.6.